The van der Waals surface area contributed by atoms with Crippen LogP contribution in [0, 0.1) is 11.2 Å². The van der Waals surface area contributed by atoms with Crippen molar-refractivity contribution in [3.8, 4) is 0 Å². The van der Waals surface area contributed by atoms with Crippen molar-refractivity contribution in [1.82, 2.24) is 15.1 Å². The van der Waals surface area contributed by atoms with Crippen LogP contribution in [0.3, 0.4) is 0 Å². The van der Waals surface area contributed by atoms with Gasteiger partial charge in [0.15, 0.2) is 0 Å². The fourth-order valence-electron chi connectivity index (χ4n) is 4.90. The molecule has 0 aliphatic carbocycles. The second kappa shape index (κ2) is 7.60. The SMILES string of the molecule is CN1CC2(C1)CN(c1ccc3nncc(NCc4cccc(C(F)(F)CO)c4F)c3c1)C2. The summed E-state index contributed by atoms with van der Waals surface area (Å²) < 4.78 is 42.3. The van der Waals surface area contributed by atoms with E-state index in [1.807, 2.05) is 18.2 Å². The standard InChI is InChI=1S/C23H24F3N5O/c1-30-10-22(11-30)12-31(13-22)16-5-6-19-17(7-16)20(9-28-29-19)27-8-15-3-2-4-18(21(15)24)23(25,26)14-32/h2-7,9,32H,8,10-14H2,1H3,(H,27,29). The van der Waals surface area contributed by atoms with Crippen LogP contribution < -0.4 is 10.2 Å². The molecule has 0 bridgehead atoms. The van der Waals surface area contributed by atoms with Crippen molar-refractivity contribution in [1.29, 1.82) is 0 Å². The molecule has 5 rings (SSSR count). The van der Waals surface area contributed by atoms with E-state index in [1.165, 1.54) is 12.1 Å². The number of hydrogen-bond acceptors (Lipinski definition) is 6. The van der Waals surface area contributed by atoms with Gasteiger partial charge in [0.2, 0.25) is 0 Å². The number of anilines is 2. The molecule has 32 heavy (non-hydrogen) atoms. The molecule has 3 heterocycles. The van der Waals surface area contributed by atoms with Gasteiger partial charge in [0.05, 0.1) is 23.0 Å². The summed E-state index contributed by atoms with van der Waals surface area (Å²) in [4.78, 5) is 4.65. The van der Waals surface area contributed by atoms with Crippen LogP contribution in [-0.2, 0) is 12.5 Å². The molecule has 2 fully saturated rings. The predicted octanol–water partition coefficient (Wildman–Crippen LogP) is 3.22. The third kappa shape index (κ3) is 3.55. The zero-order valence-electron chi connectivity index (χ0n) is 17.7. The van der Waals surface area contributed by atoms with Crippen LogP contribution >= 0.6 is 0 Å². The highest BCUT2D eigenvalue weighted by Crippen LogP contribution is 2.42. The number of hydrogen-bond donors (Lipinski definition) is 2. The molecule has 2 aliphatic rings. The molecule has 0 atom stereocenters. The molecule has 0 unspecified atom stereocenters. The fraction of sp³-hybridized carbons (Fsp3) is 0.391. The van der Waals surface area contributed by atoms with Crippen LogP contribution in [0.25, 0.3) is 10.9 Å². The Hall–Kier alpha value is -2.91. The van der Waals surface area contributed by atoms with Crippen LogP contribution in [0.4, 0.5) is 24.5 Å². The molecule has 6 nitrogen and oxygen atoms in total. The minimum absolute atomic E-state index is 0.00857. The van der Waals surface area contributed by atoms with Crippen LogP contribution in [0.2, 0.25) is 0 Å². The number of nitrogens with zero attached hydrogens (tertiary/aromatic N) is 4. The van der Waals surface area contributed by atoms with E-state index in [-0.39, 0.29) is 12.1 Å². The van der Waals surface area contributed by atoms with E-state index in [0.29, 0.717) is 16.6 Å². The molecule has 0 radical (unpaired) electrons. The topological polar surface area (TPSA) is 64.5 Å². The normalized spacial score (nSPS) is 18.0. The van der Waals surface area contributed by atoms with Gasteiger partial charge >= 0.3 is 0 Å². The Morgan fingerprint density at radius 1 is 1.16 bits per heavy atom. The average Bonchev–Trinajstić information content (AvgIpc) is 2.74. The van der Waals surface area contributed by atoms with Gasteiger partial charge in [0, 0.05) is 54.8 Å². The van der Waals surface area contributed by atoms with E-state index in [9.17, 15) is 13.2 Å². The van der Waals surface area contributed by atoms with Crippen LogP contribution in [0.1, 0.15) is 11.1 Å². The van der Waals surface area contributed by atoms with Gasteiger partial charge in [-0.2, -0.15) is 19.0 Å². The van der Waals surface area contributed by atoms with Gasteiger partial charge in [-0.25, -0.2) is 4.39 Å². The summed E-state index contributed by atoms with van der Waals surface area (Å²) in [5, 5.41) is 21.0. The Kier molecular flexibility index (Phi) is 4.98. The molecule has 2 aliphatic heterocycles. The van der Waals surface area contributed by atoms with Crippen molar-refractivity contribution >= 4 is 22.3 Å². The van der Waals surface area contributed by atoms with Crippen molar-refractivity contribution in [2.45, 2.75) is 12.5 Å². The molecular formula is C23H24F3N5O. The summed E-state index contributed by atoms with van der Waals surface area (Å²) in [7, 11) is 2.13. The van der Waals surface area contributed by atoms with Gasteiger partial charge in [0.1, 0.15) is 12.4 Å². The van der Waals surface area contributed by atoms with E-state index in [2.05, 4.69) is 32.4 Å². The van der Waals surface area contributed by atoms with Crippen LogP contribution in [0.5, 0.6) is 0 Å². The van der Waals surface area contributed by atoms with Crippen molar-refractivity contribution in [3.05, 3.63) is 59.5 Å². The lowest BCUT2D eigenvalue weighted by Gasteiger charge is -2.60. The molecule has 168 valence electrons. The summed E-state index contributed by atoms with van der Waals surface area (Å²) >= 11 is 0. The maximum Gasteiger partial charge on any atom is 0.298 e. The zero-order valence-corrected chi connectivity index (χ0v) is 17.7. The van der Waals surface area contributed by atoms with Gasteiger partial charge in [-0.15, -0.1) is 0 Å². The number of aromatic nitrogens is 2. The van der Waals surface area contributed by atoms with E-state index >= 15 is 0 Å². The molecule has 2 saturated heterocycles. The molecule has 3 aromatic rings. The summed E-state index contributed by atoms with van der Waals surface area (Å²) in [5.74, 6) is -4.66. The monoisotopic (exact) mass is 443 g/mol. The van der Waals surface area contributed by atoms with E-state index in [0.717, 1.165) is 43.3 Å². The largest absolute Gasteiger partial charge is 0.390 e. The second-order valence-corrected chi connectivity index (χ2v) is 8.98. The number of alkyl halides is 2. The predicted molar refractivity (Wildman–Crippen MR) is 116 cm³/mol. The van der Waals surface area contributed by atoms with Crippen molar-refractivity contribution in [2.75, 3.05) is 50.1 Å². The molecule has 1 aromatic heterocycles. The Morgan fingerprint density at radius 2 is 1.94 bits per heavy atom. The number of fused-ring (bicyclic) bond motifs is 1. The highest BCUT2D eigenvalue weighted by Gasteiger charge is 2.50. The number of rotatable bonds is 6. The van der Waals surface area contributed by atoms with E-state index in [4.69, 9.17) is 5.11 Å². The molecule has 0 saturated carbocycles. The fourth-order valence-corrected chi connectivity index (χ4v) is 4.90. The Balaban J connectivity index is 1.37. The molecule has 2 N–H and O–H groups in total. The summed E-state index contributed by atoms with van der Waals surface area (Å²) in [6, 6.07) is 9.76. The number of aliphatic hydroxyl groups is 1. The van der Waals surface area contributed by atoms with Crippen molar-refractivity contribution in [2.24, 2.45) is 5.41 Å². The molecule has 1 spiro atoms. The quantitative estimate of drug-likeness (QED) is 0.610. The zero-order chi connectivity index (χ0) is 22.5. The third-order valence-electron chi connectivity index (χ3n) is 6.39. The van der Waals surface area contributed by atoms with Crippen LogP contribution in [-0.4, -0.2) is 60.0 Å². The lowest BCUT2D eigenvalue weighted by atomic mass is 9.73. The Bertz CT molecular complexity index is 1160. The number of aliphatic hydroxyl groups excluding tert-OH is 1. The third-order valence-corrected chi connectivity index (χ3v) is 6.39. The van der Waals surface area contributed by atoms with Crippen molar-refractivity contribution < 1.29 is 18.3 Å². The van der Waals surface area contributed by atoms with Crippen molar-refractivity contribution in [3.63, 3.8) is 0 Å². The molecular weight excluding hydrogens is 419 g/mol. The summed E-state index contributed by atoms with van der Waals surface area (Å²) in [6.07, 6.45) is 1.55. The second-order valence-electron chi connectivity index (χ2n) is 8.98. The number of halogens is 3. The summed E-state index contributed by atoms with van der Waals surface area (Å²) in [6.45, 7) is 2.81. The van der Waals surface area contributed by atoms with Gasteiger partial charge in [-0.3, -0.25) is 0 Å². The Labute approximate surface area is 183 Å². The minimum atomic E-state index is -3.64. The van der Waals surface area contributed by atoms with Gasteiger partial charge < -0.3 is 20.2 Å². The first kappa shape index (κ1) is 21.0. The maximum atomic E-state index is 14.7. The average molecular weight is 443 g/mol. The highest BCUT2D eigenvalue weighted by molar-refractivity contribution is 5.93. The smallest absolute Gasteiger partial charge is 0.298 e. The number of benzene rings is 2. The van der Waals surface area contributed by atoms with E-state index < -0.39 is 23.9 Å². The lowest BCUT2D eigenvalue weighted by molar-refractivity contribution is -0.0583. The van der Waals surface area contributed by atoms with Gasteiger partial charge in [0.25, 0.3) is 5.92 Å². The number of nitrogens with one attached hydrogen (secondary N) is 1. The molecule has 9 heteroatoms. The van der Waals surface area contributed by atoms with E-state index in [1.54, 1.807) is 6.20 Å². The van der Waals surface area contributed by atoms with Crippen LogP contribution in [0.15, 0.2) is 42.6 Å². The first-order chi connectivity index (χ1) is 15.3. The first-order valence-electron chi connectivity index (χ1n) is 10.5. The lowest BCUT2D eigenvalue weighted by Crippen LogP contribution is -2.71. The van der Waals surface area contributed by atoms with Gasteiger partial charge in [-0.1, -0.05) is 12.1 Å². The summed E-state index contributed by atoms with van der Waals surface area (Å²) in [5.41, 5.74) is 2.10. The van der Waals surface area contributed by atoms with Gasteiger partial charge in [-0.05, 0) is 31.3 Å². The maximum absolute atomic E-state index is 14.7. The first-order valence-corrected chi connectivity index (χ1v) is 10.5. The molecule has 0 amide bonds. The highest BCUT2D eigenvalue weighted by atomic mass is 19.3. The minimum Gasteiger partial charge on any atom is -0.390 e. The number of likely N-dealkylation sites (tertiary alicyclic amines) is 1. The molecule has 2 aromatic carbocycles. The Morgan fingerprint density at radius 3 is 2.66 bits per heavy atom.